The molecule has 1 aliphatic rings. The second-order valence-electron chi connectivity index (χ2n) is 5.38. The summed E-state index contributed by atoms with van der Waals surface area (Å²) in [5.74, 6) is 0. The summed E-state index contributed by atoms with van der Waals surface area (Å²) in [6.45, 7) is 5.26. The fourth-order valence-corrected chi connectivity index (χ4v) is 3.08. The number of likely N-dealkylation sites (tertiary alicyclic amines) is 1. The Morgan fingerprint density at radius 3 is 2.48 bits per heavy atom. The van der Waals surface area contributed by atoms with Gasteiger partial charge in [0.2, 0.25) is 0 Å². The number of alkyl halides is 3. The lowest BCUT2D eigenvalue weighted by molar-refractivity contribution is -0.138. The summed E-state index contributed by atoms with van der Waals surface area (Å²) < 4.78 is 38.8. The number of rotatable bonds is 3. The smallest absolute Gasteiger partial charge is 0.303 e. The largest absolute Gasteiger partial charge is 0.417 e. The van der Waals surface area contributed by atoms with Gasteiger partial charge in [-0.25, -0.2) is 0 Å². The van der Waals surface area contributed by atoms with Gasteiger partial charge in [0.15, 0.2) is 0 Å². The summed E-state index contributed by atoms with van der Waals surface area (Å²) in [4.78, 5) is 2.40. The van der Waals surface area contributed by atoms with Crippen molar-refractivity contribution in [1.29, 1.82) is 0 Å². The molecule has 0 radical (unpaired) electrons. The van der Waals surface area contributed by atoms with E-state index in [0.29, 0.717) is 5.56 Å². The topological polar surface area (TPSA) is 3.24 Å². The highest BCUT2D eigenvalue weighted by atomic mass is 79.9. The molecule has 1 saturated heterocycles. The van der Waals surface area contributed by atoms with E-state index in [1.807, 2.05) is 6.08 Å². The lowest BCUT2D eigenvalue weighted by Gasteiger charge is -2.27. The predicted molar refractivity (Wildman–Crippen MR) is 83.1 cm³/mol. The van der Waals surface area contributed by atoms with Crippen molar-refractivity contribution in [2.45, 2.75) is 32.4 Å². The number of benzene rings is 1. The van der Waals surface area contributed by atoms with Crippen LogP contribution in [0.15, 0.2) is 28.2 Å². The highest BCUT2D eigenvalue weighted by Crippen LogP contribution is 2.35. The molecule has 21 heavy (non-hydrogen) atoms. The summed E-state index contributed by atoms with van der Waals surface area (Å²) in [6, 6.07) is 4.42. The number of hydrogen-bond acceptors (Lipinski definition) is 1. The van der Waals surface area contributed by atoms with E-state index in [-0.39, 0.29) is 4.47 Å². The number of nitrogens with zero attached hydrogens (tertiary/aromatic N) is 1. The second kappa shape index (κ2) is 6.97. The molecule has 0 aromatic heterocycles. The molecule has 0 spiro atoms. The van der Waals surface area contributed by atoms with Gasteiger partial charge in [0.25, 0.3) is 0 Å². The molecular formula is C16H19BrF3N. The van der Waals surface area contributed by atoms with E-state index in [9.17, 15) is 13.2 Å². The van der Waals surface area contributed by atoms with Crippen LogP contribution in [0.5, 0.6) is 0 Å². The van der Waals surface area contributed by atoms with Crippen LogP contribution < -0.4 is 0 Å². The molecule has 0 N–H and O–H groups in total. The van der Waals surface area contributed by atoms with Crippen molar-refractivity contribution in [2.24, 2.45) is 0 Å². The number of halogens is 4. The number of piperidine rings is 1. The highest BCUT2D eigenvalue weighted by molar-refractivity contribution is 9.10. The van der Waals surface area contributed by atoms with Crippen LogP contribution >= 0.6 is 15.9 Å². The molecule has 0 unspecified atom stereocenters. The molecule has 0 amide bonds. The van der Waals surface area contributed by atoms with Crippen molar-refractivity contribution < 1.29 is 13.2 Å². The zero-order valence-electron chi connectivity index (χ0n) is 12.0. The third-order valence-electron chi connectivity index (χ3n) is 3.70. The Kier molecular flexibility index (Phi) is 5.49. The monoisotopic (exact) mass is 361 g/mol. The fourth-order valence-electron chi connectivity index (χ4n) is 2.61. The Hall–Kier alpha value is -0.810. The van der Waals surface area contributed by atoms with E-state index < -0.39 is 11.7 Å². The van der Waals surface area contributed by atoms with Crippen LogP contribution in [0.1, 0.15) is 37.3 Å². The Balaban J connectivity index is 2.12. The molecule has 1 aliphatic heterocycles. The molecule has 1 aromatic rings. The van der Waals surface area contributed by atoms with Crippen LogP contribution in [0.4, 0.5) is 13.2 Å². The molecule has 1 fully saturated rings. The molecule has 0 bridgehead atoms. The molecule has 0 aliphatic carbocycles. The quantitative estimate of drug-likeness (QED) is 0.700. The second-order valence-corrected chi connectivity index (χ2v) is 6.24. The molecule has 116 valence electrons. The average molecular weight is 362 g/mol. The predicted octanol–water partition coefficient (Wildman–Crippen LogP) is 5.36. The van der Waals surface area contributed by atoms with E-state index >= 15 is 0 Å². The minimum absolute atomic E-state index is 0.0925. The summed E-state index contributed by atoms with van der Waals surface area (Å²) in [6.07, 6.45) is 0.609. The van der Waals surface area contributed by atoms with Crippen molar-refractivity contribution in [3.05, 3.63) is 39.4 Å². The van der Waals surface area contributed by atoms with Crippen molar-refractivity contribution in [1.82, 2.24) is 4.90 Å². The van der Waals surface area contributed by atoms with Gasteiger partial charge in [0, 0.05) is 17.6 Å². The molecule has 1 nitrogen and oxygen atoms in total. The van der Waals surface area contributed by atoms with E-state index in [1.54, 1.807) is 6.07 Å². The van der Waals surface area contributed by atoms with Gasteiger partial charge in [-0.1, -0.05) is 40.6 Å². The SMILES string of the molecule is CCCN1CCC(=Cc2ccc(Br)c(C(F)(F)F)c2)CC1. The maximum absolute atomic E-state index is 12.9. The molecule has 1 heterocycles. The standard InChI is InChI=1S/C16H19BrF3N/c1-2-7-21-8-5-12(6-9-21)10-13-3-4-15(17)14(11-13)16(18,19)20/h3-4,10-11H,2,5-9H2,1H3. The molecule has 1 aromatic carbocycles. The first-order valence-corrected chi connectivity index (χ1v) is 7.98. The summed E-state index contributed by atoms with van der Waals surface area (Å²) in [5, 5.41) is 0. The third-order valence-corrected chi connectivity index (χ3v) is 4.40. The fraction of sp³-hybridized carbons (Fsp3) is 0.500. The normalized spacial score (nSPS) is 17.1. The molecular weight excluding hydrogens is 343 g/mol. The van der Waals surface area contributed by atoms with Crippen LogP contribution in [-0.2, 0) is 6.18 Å². The van der Waals surface area contributed by atoms with Crippen LogP contribution in [0.2, 0.25) is 0 Å². The maximum Gasteiger partial charge on any atom is 0.417 e. The van der Waals surface area contributed by atoms with Crippen molar-refractivity contribution in [2.75, 3.05) is 19.6 Å². The molecule has 0 saturated carbocycles. The first-order valence-electron chi connectivity index (χ1n) is 7.18. The van der Waals surface area contributed by atoms with Crippen molar-refractivity contribution >= 4 is 22.0 Å². The molecule has 0 atom stereocenters. The van der Waals surface area contributed by atoms with Gasteiger partial charge in [-0.2, -0.15) is 13.2 Å². The zero-order valence-corrected chi connectivity index (χ0v) is 13.6. The zero-order chi connectivity index (χ0) is 15.5. The van der Waals surface area contributed by atoms with Crippen LogP contribution in [0, 0.1) is 0 Å². The van der Waals surface area contributed by atoms with Crippen LogP contribution in [0.25, 0.3) is 6.08 Å². The van der Waals surface area contributed by atoms with Gasteiger partial charge in [-0.3, -0.25) is 0 Å². The molecule has 2 rings (SSSR count). The van der Waals surface area contributed by atoms with Gasteiger partial charge in [0.1, 0.15) is 0 Å². The van der Waals surface area contributed by atoms with Gasteiger partial charge in [0.05, 0.1) is 5.56 Å². The molecule has 5 heteroatoms. The lowest BCUT2D eigenvalue weighted by Crippen LogP contribution is -2.31. The minimum Gasteiger partial charge on any atom is -0.303 e. The van der Waals surface area contributed by atoms with Crippen molar-refractivity contribution in [3.63, 3.8) is 0 Å². The van der Waals surface area contributed by atoms with E-state index in [4.69, 9.17) is 0 Å². The minimum atomic E-state index is -4.32. The highest BCUT2D eigenvalue weighted by Gasteiger charge is 2.32. The van der Waals surface area contributed by atoms with Gasteiger partial charge in [-0.15, -0.1) is 0 Å². The van der Waals surface area contributed by atoms with Gasteiger partial charge in [-0.05, 0) is 43.5 Å². The van der Waals surface area contributed by atoms with Crippen LogP contribution in [0.3, 0.4) is 0 Å². The lowest BCUT2D eigenvalue weighted by atomic mass is 10.00. The average Bonchev–Trinajstić information content (AvgIpc) is 2.42. The van der Waals surface area contributed by atoms with Gasteiger partial charge >= 0.3 is 6.18 Å². The number of hydrogen-bond donors (Lipinski definition) is 0. The Morgan fingerprint density at radius 1 is 1.24 bits per heavy atom. The summed E-state index contributed by atoms with van der Waals surface area (Å²) >= 11 is 2.97. The van der Waals surface area contributed by atoms with E-state index in [0.717, 1.165) is 38.9 Å². The third kappa shape index (κ3) is 4.58. The first kappa shape index (κ1) is 16.6. The summed E-state index contributed by atoms with van der Waals surface area (Å²) in [5.41, 5.74) is 1.25. The van der Waals surface area contributed by atoms with E-state index in [1.165, 1.54) is 17.7 Å². The van der Waals surface area contributed by atoms with Gasteiger partial charge < -0.3 is 4.90 Å². The maximum atomic E-state index is 12.9. The Bertz CT molecular complexity index is 513. The first-order chi connectivity index (χ1) is 9.90. The Morgan fingerprint density at radius 2 is 1.90 bits per heavy atom. The summed E-state index contributed by atoms with van der Waals surface area (Å²) in [7, 11) is 0. The van der Waals surface area contributed by atoms with Crippen molar-refractivity contribution in [3.8, 4) is 0 Å². The van der Waals surface area contributed by atoms with E-state index in [2.05, 4.69) is 27.8 Å². The van der Waals surface area contributed by atoms with Crippen LogP contribution in [-0.4, -0.2) is 24.5 Å². The Labute approximate surface area is 132 Å².